The third-order valence-electron chi connectivity index (χ3n) is 5.08. The van der Waals surface area contributed by atoms with Gasteiger partial charge in [-0.05, 0) is 53.7 Å². The van der Waals surface area contributed by atoms with E-state index in [2.05, 4.69) is 0 Å². The third kappa shape index (κ3) is 5.96. The Balaban J connectivity index is 1.45. The molecule has 1 saturated heterocycles. The topological polar surface area (TPSA) is 65.1 Å². The summed E-state index contributed by atoms with van der Waals surface area (Å²) in [6.07, 6.45) is 1.57. The van der Waals surface area contributed by atoms with Crippen LogP contribution in [0, 0.1) is 5.82 Å². The molecule has 0 aromatic heterocycles. The fraction of sp³-hybridized carbons (Fsp3) is 0.154. The minimum absolute atomic E-state index is 0.0357. The zero-order valence-corrected chi connectivity index (χ0v) is 20.3. The predicted molar refractivity (Wildman–Crippen MR) is 133 cm³/mol. The molecule has 0 atom stereocenters. The highest BCUT2D eigenvalue weighted by atomic mass is 35.5. The number of halogens is 2. The lowest BCUT2D eigenvalue weighted by Crippen LogP contribution is -2.32. The molecule has 0 spiro atoms. The van der Waals surface area contributed by atoms with Crippen LogP contribution in [0.3, 0.4) is 0 Å². The number of hydrogen-bond acceptors (Lipinski definition) is 6. The molecular weight excluding hydrogens is 493 g/mol. The summed E-state index contributed by atoms with van der Waals surface area (Å²) < 4.78 is 30.6. The standard InChI is InChI=1S/C26H21ClFNO5S/c1-32-22-14-17(13-20(27)24(22)34-16-18-7-5-6-10-21(18)28)15-23-25(30)29(26(31)35-23)11-12-33-19-8-3-2-4-9-19/h2-10,13-15H,11-12,16H2,1H3/b23-15-. The van der Waals surface area contributed by atoms with E-state index in [1.54, 1.807) is 48.5 Å². The zero-order valence-electron chi connectivity index (χ0n) is 18.7. The van der Waals surface area contributed by atoms with Crippen molar-refractivity contribution in [1.29, 1.82) is 0 Å². The van der Waals surface area contributed by atoms with E-state index in [0.29, 0.717) is 22.6 Å². The van der Waals surface area contributed by atoms with Gasteiger partial charge in [0.1, 0.15) is 24.8 Å². The SMILES string of the molecule is COc1cc(/C=C2\SC(=O)N(CCOc3ccccc3)C2=O)cc(Cl)c1OCc1ccccc1F. The largest absolute Gasteiger partial charge is 0.493 e. The molecule has 180 valence electrons. The van der Waals surface area contributed by atoms with Crippen molar-refractivity contribution in [3.8, 4) is 17.2 Å². The Kier molecular flexibility index (Phi) is 7.94. The second-order valence-corrected chi connectivity index (χ2v) is 8.81. The number of nitrogens with zero attached hydrogens (tertiary/aromatic N) is 1. The van der Waals surface area contributed by atoms with Gasteiger partial charge in [-0.15, -0.1) is 0 Å². The highest BCUT2D eigenvalue weighted by molar-refractivity contribution is 8.18. The molecule has 9 heteroatoms. The maximum Gasteiger partial charge on any atom is 0.293 e. The van der Waals surface area contributed by atoms with E-state index >= 15 is 0 Å². The molecule has 6 nitrogen and oxygen atoms in total. The van der Waals surface area contributed by atoms with Gasteiger partial charge in [0.25, 0.3) is 11.1 Å². The normalized spacial score (nSPS) is 14.5. The molecule has 4 rings (SSSR count). The van der Waals surface area contributed by atoms with E-state index in [-0.39, 0.29) is 46.5 Å². The average Bonchev–Trinajstić information content (AvgIpc) is 3.12. The zero-order chi connectivity index (χ0) is 24.8. The van der Waals surface area contributed by atoms with Gasteiger partial charge in [-0.2, -0.15) is 0 Å². The quantitative estimate of drug-likeness (QED) is 0.318. The summed E-state index contributed by atoms with van der Waals surface area (Å²) in [5.41, 5.74) is 0.927. The average molecular weight is 514 g/mol. The summed E-state index contributed by atoms with van der Waals surface area (Å²) in [7, 11) is 1.45. The van der Waals surface area contributed by atoms with Crippen LogP contribution in [0.5, 0.6) is 17.2 Å². The van der Waals surface area contributed by atoms with Gasteiger partial charge in [-0.25, -0.2) is 4.39 Å². The number of carbonyl (C=O) groups is 2. The molecule has 1 fully saturated rings. The minimum Gasteiger partial charge on any atom is -0.493 e. The van der Waals surface area contributed by atoms with Crippen LogP contribution in [0.2, 0.25) is 5.02 Å². The van der Waals surface area contributed by atoms with Crippen molar-refractivity contribution in [1.82, 2.24) is 4.90 Å². The number of imide groups is 1. The minimum atomic E-state index is -0.411. The molecule has 0 radical (unpaired) electrons. The van der Waals surface area contributed by atoms with Crippen molar-refractivity contribution in [2.75, 3.05) is 20.3 Å². The Labute approximate surface area is 211 Å². The smallest absolute Gasteiger partial charge is 0.293 e. The van der Waals surface area contributed by atoms with Crippen LogP contribution in [-0.2, 0) is 11.4 Å². The third-order valence-corrected chi connectivity index (χ3v) is 6.27. The molecule has 0 bridgehead atoms. The maximum absolute atomic E-state index is 13.9. The summed E-state index contributed by atoms with van der Waals surface area (Å²) in [5, 5.41) is -0.150. The molecule has 0 unspecified atom stereocenters. The molecule has 1 heterocycles. The van der Waals surface area contributed by atoms with Crippen molar-refractivity contribution < 1.29 is 28.2 Å². The van der Waals surface area contributed by atoms with Crippen LogP contribution in [0.15, 0.2) is 71.6 Å². The summed E-state index contributed by atoms with van der Waals surface area (Å²) >= 11 is 7.25. The molecule has 0 N–H and O–H groups in total. The lowest BCUT2D eigenvalue weighted by atomic mass is 10.1. The van der Waals surface area contributed by atoms with Gasteiger partial charge in [-0.1, -0.05) is 48.0 Å². The molecule has 2 amide bonds. The number of para-hydroxylation sites is 1. The first-order valence-electron chi connectivity index (χ1n) is 10.6. The van der Waals surface area contributed by atoms with Gasteiger partial charge in [0, 0.05) is 5.56 Å². The molecule has 35 heavy (non-hydrogen) atoms. The van der Waals surface area contributed by atoms with Gasteiger partial charge in [0.15, 0.2) is 11.5 Å². The predicted octanol–water partition coefficient (Wildman–Crippen LogP) is 6.18. The maximum atomic E-state index is 13.9. The summed E-state index contributed by atoms with van der Waals surface area (Å²) in [6.45, 7) is 0.277. The van der Waals surface area contributed by atoms with Crippen LogP contribution in [0.1, 0.15) is 11.1 Å². The highest BCUT2D eigenvalue weighted by Gasteiger charge is 2.35. The van der Waals surface area contributed by atoms with Gasteiger partial charge in [0.05, 0.1) is 23.6 Å². The van der Waals surface area contributed by atoms with Crippen LogP contribution in [-0.4, -0.2) is 36.3 Å². The first-order valence-corrected chi connectivity index (χ1v) is 11.8. The van der Waals surface area contributed by atoms with Crippen molar-refractivity contribution >= 4 is 40.6 Å². The van der Waals surface area contributed by atoms with Crippen LogP contribution in [0.25, 0.3) is 6.08 Å². The van der Waals surface area contributed by atoms with Gasteiger partial charge >= 0.3 is 0 Å². The number of methoxy groups -OCH3 is 1. The van der Waals surface area contributed by atoms with Gasteiger partial charge in [-0.3, -0.25) is 14.5 Å². The van der Waals surface area contributed by atoms with E-state index in [0.717, 1.165) is 16.7 Å². The van der Waals surface area contributed by atoms with Crippen molar-refractivity contribution in [3.63, 3.8) is 0 Å². The Bertz CT molecular complexity index is 1270. The number of ether oxygens (including phenoxy) is 3. The molecule has 0 saturated carbocycles. The van der Waals surface area contributed by atoms with E-state index in [1.807, 2.05) is 18.2 Å². The first kappa shape index (κ1) is 24.6. The van der Waals surface area contributed by atoms with Crippen LogP contribution in [0.4, 0.5) is 9.18 Å². The Morgan fingerprint density at radius 2 is 1.77 bits per heavy atom. The van der Waals surface area contributed by atoms with Crippen molar-refractivity contribution in [3.05, 3.63) is 93.6 Å². The summed E-state index contributed by atoms with van der Waals surface area (Å²) in [6, 6.07) is 18.7. The lowest BCUT2D eigenvalue weighted by Gasteiger charge is -2.14. The fourth-order valence-corrected chi connectivity index (χ4v) is 4.48. The van der Waals surface area contributed by atoms with Crippen LogP contribution < -0.4 is 14.2 Å². The van der Waals surface area contributed by atoms with E-state index in [1.165, 1.54) is 13.2 Å². The van der Waals surface area contributed by atoms with E-state index < -0.39 is 5.91 Å². The number of carbonyl (C=O) groups excluding carboxylic acids is 2. The van der Waals surface area contributed by atoms with Crippen LogP contribution >= 0.6 is 23.4 Å². The number of rotatable bonds is 9. The molecule has 0 aliphatic carbocycles. The number of amides is 2. The molecule has 3 aromatic rings. The van der Waals surface area contributed by atoms with Crippen molar-refractivity contribution in [2.45, 2.75) is 6.61 Å². The van der Waals surface area contributed by atoms with E-state index in [9.17, 15) is 14.0 Å². The Hall–Kier alpha value is -3.49. The van der Waals surface area contributed by atoms with Crippen molar-refractivity contribution in [2.24, 2.45) is 0 Å². The highest BCUT2D eigenvalue weighted by Crippen LogP contribution is 2.39. The number of hydrogen-bond donors (Lipinski definition) is 0. The second-order valence-electron chi connectivity index (χ2n) is 7.41. The molecule has 3 aromatic carbocycles. The molecule has 1 aliphatic heterocycles. The Morgan fingerprint density at radius 3 is 2.51 bits per heavy atom. The first-order chi connectivity index (χ1) is 17.0. The monoisotopic (exact) mass is 513 g/mol. The van der Waals surface area contributed by atoms with Gasteiger partial charge in [0.2, 0.25) is 0 Å². The van der Waals surface area contributed by atoms with E-state index in [4.69, 9.17) is 25.8 Å². The second kappa shape index (κ2) is 11.3. The number of thioether (sulfide) groups is 1. The fourth-order valence-electron chi connectivity index (χ4n) is 3.34. The lowest BCUT2D eigenvalue weighted by molar-refractivity contribution is -0.123. The summed E-state index contributed by atoms with van der Waals surface area (Å²) in [5.74, 6) is 0.432. The molecule has 1 aliphatic rings. The summed E-state index contributed by atoms with van der Waals surface area (Å²) in [4.78, 5) is 26.6. The molecular formula is C26H21ClFNO5S. The number of benzene rings is 3. The Morgan fingerprint density at radius 1 is 1.03 bits per heavy atom. The van der Waals surface area contributed by atoms with Gasteiger partial charge < -0.3 is 14.2 Å².